The topological polar surface area (TPSA) is 63.4 Å². The predicted octanol–water partition coefficient (Wildman–Crippen LogP) is 1.85. The molecule has 2 rings (SSSR count). The Morgan fingerprint density at radius 2 is 2.19 bits per heavy atom. The Morgan fingerprint density at radius 3 is 2.88 bits per heavy atom. The highest BCUT2D eigenvalue weighted by atomic mass is 31.0. The van der Waals surface area contributed by atoms with Gasteiger partial charge in [0.25, 0.3) is 11.6 Å². The summed E-state index contributed by atoms with van der Waals surface area (Å²) in [5.41, 5.74) is 0.999. The van der Waals surface area contributed by atoms with Crippen molar-refractivity contribution in [3.05, 3.63) is 45.5 Å². The van der Waals surface area contributed by atoms with E-state index < -0.39 is 4.92 Å². The molecule has 0 saturated carbocycles. The smallest absolute Gasteiger partial charge is 0.270 e. The van der Waals surface area contributed by atoms with Crippen LogP contribution in [0.1, 0.15) is 15.9 Å². The molecule has 0 saturated heterocycles. The van der Waals surface area contributed by atoms with Crippen molar-refractivity contribution in [3.8, 4) is 0 Å². The van der Waals surface area contributed by atoms with Gasteiger partial charge in [-0.3, -0.25) is 14.9 Å². The molecule has 5 nitrogen and oxygen atoms in total. The molecule has 0 fully saturated rings. The zero-order chi connectivity index (χ0) is 11.7. The molecule has 0 spiro atoms. The van der Waals surface area contributed by atoms with E-state index in [9.17, 15) is 14.9 Å². The number of nitro benzene ring substituents is 1. The first-order valence-electron chi connectivity index (χ1n) is 4.61. The molecule has 1 atom stereocenters. The highest BCUT2D eigenvalue weighted by Gasteiger charge is 2.19. The molecule has 0 N–H and O–H groups in total. The monoisotopic (exact) mass is 236 g/mol. The third-order valence-corrected chi connectivity index (χ3v) is 2.78. The summed E-state index contributed by atoms with van der Waals surface area (Å²) < 4.78 is 1.44. The first-order valence-corrected chi connectivity index (χ1v) is 5.13. The molecule has 1 unspecified atom stereocenters. The second kappa shape index (κ2) is 4.02. The molecule has 6 heteroatoms. The molecular formula is C10H9N2O3P. The normalized spacial score (nSPS) is 14.6. The van der Waals surface area contributed by atoms with Gasteiger partial charge in [-0.15, -0.1) is 0 Å². The number of nitro groups is 1. The molecular weight excluding hydrogens is 227 g/mol. The van der Waals surface area contributed by atoms with Crippen LogP contribution < -0.4 is 0 Å². The van der Waals surface area contributed by atoms with Crippen molar-refractivity contribution in [2.45, 2.75) is 0 Å². The third-order valence-electron chi connectivity index (χ3n) is 2.34. The van der Waals surface area contributed by atoms with Gasteiger partial charge in [-0.1, -0.05) is 12.2 Å². The highest BCUT2D eigenvalue weighted by Crippen LogP contribution is 2.23. The quantitative estimate of drug-likeness (QED) is 0.424. The predicted molar refractivity (Wildman–Crippen MR) is 62.9 cm³/mol. The lowest BCUT2D eigenvalue weighted by Crippen LogP contribution is -2.20. The van der Waals surface area contributed by atoms with Gasteiger partial charge < -0.3 is 4.67 Å². The molecule has 1 aliphatic rings. The van der Waals surface area contributed by atoms with Crippen LogP contribution in [0.4, 0.5) is 5.69 Å². The van der Waals surface area contributed by atoms with Crippen LogP contribution in [0.25, 0.3) is 6.08 Å². The number of carbonyl (C=O) groups excluding carboxylic acids is 1. The average Bonchev–Trinajstić information content (AvgIpc) is 2.40. The van der Waals surface area contributed by atoms with Crippen LogP contribution in [0, 0.1) is 10.1 Å². The lowest BCUT2D eigenvalue weighted by molar-refractivity contribution is -0.384. The van der Waals surface area contributed by atoms with E-state index in [1.54, 1.807) is 12.1 Å². The summed E-state index contributed by atoms with van der Waals surface area (Å²) in [5, 5.41) is 10.6. The lowest BCUT2D eigenvalue weighted by Gasteiger charge is -2.13. The summed E-state index contributed by atoms with van der Waals surface area (Å²) in [7, 11) is 2.30. The Labute approximate surface area is 94.2 Å². The molecule has 82 valence electrons. The Kier molecular flexibility index (Phi) is 2.71. The van der Waals surface area contributed by atoms with E-state index in [0.717, 1.165) is 0 Å². The zero-order valence-electron chi connectivity index (χ0n) is 8.29. The van der Waals surface area contributed by atoms with Crippen molar-refractivity contribution in [1.29, 1.82) is 0 Å². The zero-order valence-corrected chi connectivity index (χ0v) is 9.45. The van der Waals surface area contributed by atoms with Crippen molar-refractivity contribution in [2.75, 3.05) is 6.54 Å². The first kappa shape index (κ1) is 10.8. The summed E-state index contributed by atoms with van der Waals surface area (Å²) in [6, 6.07) is 4.30. The van der Waals surface area contributed by atoms with E-state index >= 15 is 0 Å². The number of amides is 1. The van der Waals surface area contributed by atoms with E-state index in [1.807, 2.05) is 6.08 Å². The van der Waals surface area contributed by atoms with Gasteiger partial charge in [0.05, 0.1) is 10.5 Å². The Morgan fingerprint density at radius 1 is 1.44 bits per heavy atom. The molecule has 0 radical (unpaired) electrons. The second-order valence-corrected chi connectivity index (χ2v) is 4.01. The van der Waals surface area contributed by atoms with Crippen molar-refractivity contribution >= 4 is 27.1 Å². The molecule has 0 aromatic heterocycles. The van der Waals surface area contributed by atoms with E-state index in [0.29, 0.717) is 17.7 Å². The number of benzene rings is 1. The van der Waals surface area contributed by atoms with Gasteiger partial charge in [0, 0.05) is 18.7 Å². The van der Waals surface area contributed by atoms with E-state index in [4.69, 9.17) is 0 Å². The molecule has 0 bridgehead atoms. The van der Waals surface area contributed by atoms with Gasteiger partial charge >= 0.3 is 0 Å². The minimum Gasteiger partial charge on any atom is -0.320 e. The summed E-state index contributed by atoms with van der Waals surface area (Å²) in [4.78, 5) is 22.0. The van der Waals surface area contributed by atoms with Gasteiger partial charge in [0.1, 0.15) is 0 Å². The minimum absolute atomic E-state index is 0.0687. The second-order valence-electron chi connectivity index (χ2n) is 3.39. The van der Waals surface area contributed by atoms with Crippen LogP contribution in [-0.4, -0.2) is 22.0 Å². The number of hydrogen-bond acceptors (Lipinski definition) is 3. The fourth-order valence-corrected chi connectivity index (χ4v) is 1.78. The number of nitrogens with zero attached hydrogens (tertiary/aromatic N) is 2. The molecule has 0 aliphatic carbocycles. The Hall–Kier alpha value is -1.74. The minimum atomic E-state index is -0.505. The molecule has 16 heavy (non-hydrogen) atoms. The SMILES string of the molecule is O=C1c2cc([N+](=O)[O-])ccc2C=CCN1P. The van der Waals surface area contributed by atoms with Gasteiger partial charge in [0.15, 0.2) is 0 Å². The molecule has 1 heterocycles. The molecule has 1 aromatic rings. The number of rotatable bonds is 1. The van der Waals surface area contributed by atoms with Crippen molar-refractivity contribution in [2.24, 2.45) is 0 Å². The van der Waals surface area contributed by atoms with E-state index in [2.05, 4.69) is 9.39 Å². The van der Waals surface area contributed by atoms with Gasteiger partial charge in [-0.25, -0.2) is 0 Å². The summed E-state index contributed by atoms with van der Waals surface area (Å²) in [6.45, 7) is 0.478. The van der Waals surface area contributed by atoms with Gasteiger partial charge in [0.2, 0.25) is 0 Å². The maximum atomic E-state index is 11.9. The summed E-state index contributed by atoms with van der Waals surface area (Å²) in [6.07, 6.45) is 3.63. The number of hydrogen-bond donors (Lipinski definition) is 0. The standard InChI is InChI=1S/C10H9N2O3P/c13-10-9-6-8(12(14)15)4-3-7(9)2-1-5-11(10)16/h1-4,6H,5,16H2. The number of non-ortho nitro benzene ring substituents is 1. The van der Waals surface area contributed by atoms with Crippen LogP contribution in [0.5, 0.6) is 0 Å². The average molecular weight is 236 g/mol. The summed E-state index contributed by atoms with van der Waals surface area (Å²) >= 11 is 0. The maximum absolute atomic E-state index is 11.9. The fraction of sp³-hybridized carbons (Fsp3) is 0.100. The van der Waals surface area contributed by atoms with Crippen molar-refractivity contribution in [3.63, 3.8) is 0 Å². The number of carbonyl (C=O) groups is 1. The largest absolute Gasteiger partial charge is 0.320 e. The third kappa shape index (κ3) is 1.82. The molecule has 1 aliphatic heterocycles. The van der Waals surface area contributed by atoms with E-state index in [-0.39, 0.29) is 11.6 Å². The van der Waals surface area contributed by atoms with Crippen LogP contribution in [-0.2, 0) is 0 Å². The lowest BCUT2D eigenvalue weighted by atomic mass is 10.1. The maximum Gasteiger partial charge on any atom is 0.270 e. The van der Waals surface area contributed by atoms with Crippen LogP contribution in [0.3, 0.4) is 0 Å². The van der Waals surface area contributed by atoms with E-state index in [1.165, 1.54) is 16.8 Å². The van der Waals surface area contributed by atoms with Gasteiger partial charge in [-0.05, 0) is 21.0 Å². The first-order chi connectivity index (χ1) is 7.59. The Balaban J connectivity index is 2.56. The fourth-order valence-electron chi connectivity index (χ4n) is 1.52. The highest BCUT2D eigenvalue weighted by molar-refractivity contribution is 7.14. The summed E-state index contributed by atoms with van der Waals surface area (Å²) in [5.74, 6) is -0.228. The van der Waals surface area contributed by atoms with Crippen LogP contribution >= 0.6 is 9.39 Å². The van der Waals surface area contributed by atoms with Crippen LogP contribution in [0.15, 0.2) is 24.3 Å². The van der Waals surface area contributed by atoms with Crippen LogP contribution in [0.2, 0.25) is 0 Å². The van der Waals surface area contributed by atoms with Gasteiger partial charge in [-0.2, -0.15) is 0 Å². The molecule has 1 amide bonds. The molecule has 1 aromatic carbocycles. The van der Waals surface area contributed by atoms with Crippen molar-refractivity contribution in [1.82, 2.24) is 4.67 Å². The Bertz CT molecular complexity index is 499. The van der Waals surface area contributed by atoms with Crippen molar-refractivity contribution < 1.29 is 9.72 Å². The number of fused-ring (bicyclic) bond motifs is 1.